The second-order valence-corrected chi connectivity index (χ2v) is 4.46. The zero-order valence-electron chi connectivity index (χ0n) is 8.96. The third-order valence-electron chi connectivity index (χ3n) is 3.08. The van der Waals surface area contributed by atoms with Crippen molar-refractivity contribution in [2.45, 2.75) is 19.9 Å². The molecule has 0 heterocycles. The standard InChI is InChI=1S/C12H17FN2/c1-8-4-10(8)7-15-6-9-2-3-12(14)11(13)5-9/h2-3,5,8,10,15H,4,6-7,14H2,1H3. The van der Waals surface area contributed by atoms with Gasteiger partial charge in [0.15, 0.2) is 0 Å². The van der Waals surface area contributed by atoms with Crippen LogP contribution < -0.4 is 11.1 Å². The minimum atomic E-state index is -0.325. The molecule has 0 bridgehead atoms. The molecule has 1 aromatic carbocycles. The Balaban J connectivity index is 1.80. The maximum absolute atomic E-state index is 13.1. The van der Waals surface area contributed by atoms with Crippen molar-refractivity contribution >= 4 is 5.69 Å². The van der Waals surface area contributed by atoms with E-state index in [9.17, 15) is 4.39 Å². The van der Waals surface area contributed by atoms with Gasteiger partial charge in [-0.3, -0.25) is 0 Å². The van der Waals surface area contributed by atoms with E-state index in [0.717, 1.165) is 30.5 Å². The van der Waals surface area contributed by atoms with Gasteiger partial charge >= 0.3 is 0 Å². The number of halogens is 1. The minimum absolute atomic E-state index is 0.217. The molecule has 0 radical (unpaired) electrons. The van der Waals surface area contributed by atoms with Crippen LogP contribution >= 0.6 is 0 Å². The van der Waals surface area contributed by atoms with Gasteiger partial charge in [-0.2, -0.15) is 0 Å². The van der Waals surface area contributed by atoms with Crippen molar-refractivity contribution in [2.75, 3.05) is 12.3 Å². The fraction of sp³-hybridized carbons (Fsp3) is 0.500. The van der Waals surface area contributed by atoms with E-state index in [2.05, 4.69) is 12.2 Å². The number of hydrogen-bond acceptors (Lipinski definition) is 2. The first-order valence-electron chi connectivity index (χ1n) is 5.41. The molecule has 15 heavy (non-hydrogen) atoms. The molecule has 3 heteroatoms. The highest BCUT2D eigenvalue weighted by Crippen LogP contribution is 2.36. The Morgan fingerprint density at radius 2 is 2.27 bits per heavy atom. The van der Waals surface area contributed by atoms with Gasteiger partial charge in [0.05, 0.1) is 5.69 Å². The summed E-state index contributed by atoms with van der Waals surface area (Å²) in [5.41, 5.74) is 6.57. The van der Waals surface area contributed by atoms with Crippen molar-refractivity contribution in [3.63, 3.8) is 0 Å². The summed E-state index contributed by atoms with van der Waals surface area (Å²) < 4.78 is 13.1. The van der Waals surface area contributed by atoms with Crippen LogP contribution in [0.4, 0.5) is 10.1 Å². The van der Waals surface area contributed by atoms with Crippen LogP contribution in [0, 0.1) is 17.7 Å². The van der Waals surface area contributed by atoms with Crippen LogP contribution in [-0.2, 0) is 6.54 Å². The van der Waals surface area contributed by atoms with E-state index in [-0.39, 0.29) is 11.5 Å². The molecule has 0 spiro atoms. The van der Waals surface area contributed by atoms with E-state index in [4.69, 9.17) is 5.73 Å². The van der Waals surface area contributed by atoms with E-state index in [1.54, 1.807) is 6.07 Å². The van der Waals surface area contributed by atoms with Crippen LogP contribution in [0.3, 0.4) is 0 Å². The molecule has 3 N–H and O–H groups in total. The average Bonchev–Trinajstić information content (AvgIpc) is 2.88. The summed E-state index contributed by atoms with van der Waals surface area (Å²) >= 11 is 0. The van der Waals surface area contributed by atoms with Crippen molar-refractivity contribution < 1.29 is 4.39 Å². The van der Waals surface area contributed by atoms with Gasteiger partial charge in [0.2, 0.25) is 0 Å². The lowest BCUT2D eigenvalue weighted by Gasteiger charge is -2.05. The first-order valence-corrected chi connectivity index (χ1v) is 5.41. The number of nitrogens with one attached hydrogen (secondary N) is 1. The van der Waals surface area contributed by atoms with E-state index < -0.39 is 0 Å². The molecule has 1 saturated carbocycles. The van der Waals surface area contributed by atoms with Gasteiger partial charge in [0.25, 0.3) is 0 Å². The Kier molecular flexibility index (Phi) is 2.91. The smallest absolute Gasteiger partial charge is 0.146 e. The van der Waals surface area contributed by atoms with Crippen molar-refractivity contribution in [2.24, 2.45) is 11.8 Å². The van der Waals surface area contributed by atoms with Crippen LogP contribution in [0.2, 0.25) is 0 Å². The summed E-state index contributed by atoms with van der Waals surface area (Å²) in [6, 6.07) is 4.98. The number of nitrogens with two attached hydrogens (primary N) is 1. The van der Waals surface area contributed by atoms with Crippen molar-refractivity contribution in [3.8, 4) is 0 Å². The van der Waals surface area contributed by atoms with Crippen LogP contribution in [0.1, 0.15) is 18.9 Å². The highest BCUT2D eigenvalue weighted by Gasteiger charge is 2.31. The second-order valence-electron chi connectivity index (χ2n) is 4.46. The van der Waals surface area contributed by atoms with E-state index in [1.165, 1.54) is 12.5 Å². The summed E-state index contributed by atoms with van der Waals surface area (Å²) in [6.07, 6.45) is 1.32. The quantitative estimate of drug-likeness (QED) is 0.744. The minimum Gasteiger partial charge on any atom is -0.396 e. The maximum atomic E-state index is 13.1. The number of hydrogen-bond donors (Lipinski definition) is 2. The Morgan fingerprint density at radius 1 is 1.53 bits per heavy atom. The number of benzene rings is 1. The molecule has 0 aliphatic heterocycles. The Bertz CT molecular complexity index is 351. The predicted octanol–water partition coefficient (Wildman–Crippen LogP) is 2.15. The van der Waals surface area contributed by atoms with Gasteiger partial charge in [-0.05, 0) is 42.5 Å². The highest BCUT2D eigenvalue weighted by molar-refractivity contribution is 5.41. The second kappa shape index (κ2) is 4.19. The predicted molar refractivity (Wildman–Crippen MR) is 59.8 cm³/mol. The summed E-state index contributed by atoms with van der Waals surface area (Å²) in [4.78, 5) is 0. The van der Waals surface area contributed by atoms with Crippen LogP contribution in [0.5, 0.6) is 0 Å². The van der Waals surface area contributed by atoms with Crippen molar-refractivity contribution in [3.05, 3.63) is 29.6 Å². The molecule has 2 unspecified atom stereocenters. The van der Waals surface area contributed by atoms with E-state index in [0.29, 0.717) is 0 Å². The molecule has 0 amide bonds. The van der Waals surface area contributed by atoms with E-state index >= 15 is 0 Å². The van der Waals surface area contributed by atoms with Gasteiger partial charge in [0, 0.05) is 6.54 Å². The molecule has 2 rings (SSSR count). The normalized spacial score (nSPS) is 24.1. The average molecular weight is 208 g/mol. The topological polar surface area (TPSA) is 38.0 Å². The molecule has 2 nitrogen and oxygen atoms in total. The first-order chi connectivity index (χ1) is 7.16. The third-order valence-corrected chi connectivity index (χ3v) is 3.08. The van der Waals surface area contributed by atoms with E-state index in [1.807, 2.05) is 6.07 Å². The fourth-order valence-corrected chi connectivity index (χ4v) is 1.77. The molecule has 1 aromatic rings. The first kappa shape index (κ1) is 10.4. The monoisotopic (exact) mass is 208 g/mol. The Morgan fingerprint density at radius 3 is 2.87 bits per heavy atom. The summed E-state index contributed by atoms with van der Waals surface area (Å²) in [5, 5.41) is 3.33. The largest absolute Gasteiger partial charge is 0.396 e. The molecule has 1 fully saturated rings. The summed E-state index contributed by atoms with van der Waals surface area (Å²) in [5.74, 6) is 1.36. The number of nitrogen functional groups attached to an aromatic ring is 1. The molecule has 82 valence electrons. The maximum Gasteiger partial charge on any atom is 0.146 e. The number of rotatable bonds is 4. The molecule has 0 aromatic heterocycles. The number of anilines is 1. The van der Waals surface area contributed by atoms with Crippen molar-refractivity contribution in [1.82, 2.24) is 5.32 Å². The van der Waals surface area contributed by atoms with Gasteiger partial charge in [-0.15, -0.1) is 0 Å². The fourth-order valence-electron chi connectivity index (χ4n) is 1.77. The lowest BCUT2D eigenvalue weighted by molar-refractivity contribution is 0.602. The molecule has 1 aliphatic carbocycles. The lowest BCUT2D eigenvalue weighted by Crippen LogP contribution is -2.16. The zero-order chi connectivity index (χ0) is 10.8. The third kappa shape index (κ3) is 2.69. The summed E-state index contributed by atoms with van der Waals surface area (Å²) in [6.45, 7) is 4.02. The molecular formula is C12H17FN2. The zero-order valence-corrected chi connectivity index (χ0v) is 8.96. The molecule has 2 atom stereocenters. The summed E-state index contributed by atoms with van der Waals surface area (Å²) in [7, 11) is 0. The highest BCUT2D eigenvalue weighted by atomic mass is 19.1. The van der Waals surface area contributed by atoms with Crippen LogP contribution in [-0.4, -0.2) is 6.54 Å². The van der Waals surface area contributed by atoms with Crippen LogP contribution in [0.25, 0.3) is 0 Å². The SMILES string of the molecule is CC1CC1CNCc1ccc(N)c(F)c1. The van der Waals surface area contributed by atoms with Gasteiger partial charge < -0.3 is 11.1 Å². The molecule has 0 saturated heterocycles. The lowest BCUT2D eigenvalue weighted by atomic mass is 10.2. The molecular weight excluding hydrogens is 191 g/mol. The van der Waals surface area contributed by atoms with Crippen molar-refractivity contribution in [1.29, 1.82) is 0 Å². The van der Waals surface area contributed by atoms with Gasteiger partial charge in [-0.1, -0.05) is 13.0 Å². The Hall–Kier alpha value is -1.09. The van der Waals surface area contributed by atoms with Gasteiger partial charge in [0.1, 0.15) is 5.82 Å². The van der Waals surface area contributed by atoms with Gasteiger partial charge in [-0.25, -0.2) is 4.39 Å². The van der Waals surface area contributed by atoms with Crippen LogP contribution in [0.15, 0.2) is 18.2 Å². The molecule has 1 aliphatic rings. The Labute approximate surface area is 89.7 Å².